The predicted octanol–water partition coefficient (Wildman–Crippen LogP) is 5.31. The van der Waals surface area contributed by atoms with Crippen LogP contribution >= 0.6 is 0 Å². The van der Waals surface area contributed by atoms with E-state index in [-0.39, 0.29) is 18.4 Å². The fraction of sp³-hybridized carbons (Fsp3) is 0.333. The van der Waals surface area contributed by atoms with Crippen LogP contribution in [0.1, 0.15) is 35.2 Å². The number of para-hydroxylation sites is 1. The fourth-order valence-electron chi connectivity index (χ4n) is 4.59. The van der Waals surface area contributed by atoms with Crippen LogP contribution < -0.4 is 4.74 Å². The lowest BCUT2D eigenvalue weighted by Crippen LogP contribution is -2.41. The van der Waals surface area contributed by atoms with Crippen molar-refractivity contribution in [1.82, 2.24) is 9.80 Å². The lowest BCUT2D eigenvalue weighted by molar-refractivity contribution is -0.134. The number of aryl methyl sites for hydroxylation is 1. The van der Waals surface area contributed by atoms with Gasteiger partial charge in [-0.15, -0.1) is 0 Å². The zero-order valence-corrected chi connectivity index (χ0v) is 20.7. The van der Waals surface area contributed by atoms with Crippen molar-refractivity contribution < 1.29 is 14.3 Å². The van der Waals surface area contributed by atoms with Crippen molar-refractivity contribution in [1.29, 1.82) is 0 Å². The average Bonchev–Trinajstić information content (AvgIpc) is 2.91. The van der Waals surface area contributed by atoms with Gasteiger partial charge in [0.25, 0.3) is 11.8 Å². The van der Waals surface area contributed by atoms with Gasteiger partial charge in [-0.1, -0.05) is 60.7 Å². The summed E-state index contributed by atoms with van der Waals surface area (Å²) in [5, 5.41) is 0. The molecule has 3 aromatic carbocycles. The number of piperidine rings is 1. The Hall–Kier alpha value is -3.60. The van der Waals surface area contributed by atoms with Crippen LogP contribution in [0.4, 0.5) is 0 Å². The van der Waals surface area contributed by atoms with Gasteiger partial charge < -0.3 is 14.5 Å². The topological polar surface area (TPSA) is 49.9 Å². The highest BCUT2D eigenvalue weighted by atomic mass is 16.5. The Bertz CT molecular complexity index is 1120. The second kappa shape index (κ2) is 11.7. The summed E-state index contributed by atoms with van der Waals surface area (Å²) in [6.45, 7) is 1.62. The molecule has 0 bridgehead atoms. The van der Waals surface area contributed by atoms with Gasteiger partial charge in [-0.2, -0.15) is 0 Å². The third kappa shape index (κ3) is 6.50. The number of rotatable bonds is 8. The normalized spacial score (nSPS) is 13.9. The molecule has 1 aliphatic heterocycles. The number of ether oxygens (including phenoxy) is 1. The van der Waals surface area contributed by atoms with E-state index in [2.05, 4.69) is 12.1 Å². The maximum absolute atomic E-state index is 12.8. The monoisotopic (exact) mass is 470 g/mol. The van der Waals surface area contributed by atoms with Gasteiger partial charge in [0.05, 0.1) is 0 Å². The highest BCUT2D eigenvalue weighted by Crippen LogP contribution is 2.30. The van der Waals surface area contributed by atoms with Gasteiger partial charge in [0, 0.05) is 38.3 Å². The number of benzene rings is 3. The molecule has 0 radical (unpaired) electrons. The molecule has 182 valence electrons. The molecule has 0 saturated carbocycles. The van der Waals surface area contributed by atoms with Gasteiger partial charge in [0.2, 0.25) is 0 Å². The lowest BCUT2D eigenvalue weighted by Gasteiger charge is -2.32. The first-order valence-electron chi connectivity index (χ1n) is 12.4. The van der Waals surface area contributed by atoms with Gasteiger partial charge in [-0.05, 0) is 60.9 Å². The van der Waals surface area contributed by atoms with Crippen LogP contribution in [-0.2, 0) is 11.2 Å². The summed E-state index contributed by atoms with van der Waals surface area (Å²) in [6, 6.07) is 25.9. The number of amides is 2. The van der Waals surface area contributed by atoms with Gasteiger partial charge in [-0.25, -0.2) is 0 Å². The summed E-state index contributed by atoms with van der Waals surface area (Å²) in [5.74, 6) is 1.43. The molecule has 5 nitrogen and oxygen atoms in total. The Kier molecular flexibility index (Phi) is 8.19. The molecule has 1 saturated heterocycles. The van der Waals surface area contributed by atoms with Crippen LogP contribution in [0.15, 0.2) is 78.9 Å². The summed E-state index contributed by atoms with van der Waals surface area (Å²) in [7, 11) is 3.53. The molecule has 5 heteroatoms. The molecule has 3 aromatic rings. The van der Waals surface area contributed by atoms with Gasteiger partial charge >= 0.3 is 0 Å². The zero-order chi connectivity index (χ0) is 24.6. The molecule has 1 fully saturated rings. The number of hydrogen-bond acceptors (Lipinski definition) is 3. The summed E-state index contributed by atoms with van der Waals surface area (Å²) in [4.78, 5) is 28.4. The minimum Gasteiger partial charge on any atom is -0.483 e. The van der Waals surface area contributed by atoms with Crippen molar-refractivity contribution in [3.05, 3.63) is 90.0 Å². The van der Waals surface area contributed by atoms with Crippen LogP contribution in [0, 0.1) is 5.92 Å². The molecule has 35 heavy (non-hydrogen) atoms. The van der Waals surface area contributed by atoms with Gasteiger partial charge in [0.1, 0.15) is 5.75 Å². The third-order valence-corrected chi connectivity index (χ3v) is 6.74. The van der Waals surface area contributed by atoms with E-state index >= 15 is 0 Å². The molecule has 0 aromatic heterocycles. The van der Waals surface area contributed by atoms with Crippen LogP contribution in [0.3, 0.4) is 0 Å². The first kappa shape index (κ1) is 24.5. The van der Waals surface area contributed by atoms with Gasteiger partial charge in [-0.3, -0.25) is 9.59 Å². The van der Waals surface area contributed by atoms with Crippen molar-refractivity contribution in [2.75, 3.05) is 33.8 Å². The molecular weight excluding hydrogens is 436 g/mol. The van der Waals surface area contributed by atoms with Gasteiger partial charge in [0.15, 0.2) is 6.61 Å². The summed E-state index contributed by atoms with van der Waals surface area (Å²) in [5.41, 5.74) is 4.05. The van der Waals surface area contributed by atoms with Crippen LogP contribution in [0.5, 0.6) is 5.75 Å². The van der Waals surface area contributed by atoms with Crippen molar-refractivity contribution in [2.45, 2.75) is 25.7 Å². The standard InChI is InChI=1S/C30H34N2O3/c1-31(2)30(34)26-16-14-23(15-17-26)12-13-24-18-20-32(21-19-24)29(33)22-35-28-11-7-6-10-27(28)25-8-4-3-5-9-25/h3-11,14-17,24H,12-13,18-22H2,1-2H3. The molecule has 1 aliphatic rings. The molecule has 4 rings (SSSR count). The Morgan fingerprint density at radius 2 is 1.54 bits per heavy atom. The van der Waals surface area contributed by atoms with E-state index in [4.69, 9.17) is 4.74 Å². The zero-order valence-electron chi connectivity index (χ0n) is 20.7. The van der Waals surface area contributed by atoms with E-state index in [9.17, 15) is 9.59 Å². The fourth-order valence-corrected chi connectivity index (χ4v) is 4.59. The Labute approximate surface area is 208 Å². The van der Waals surface area contributed by atoms with Crippen LogP contribution in [0.25, 0.3) is 11.1 Å². The van der Waals surface area contributed by atoms with Crippen molar-refractivity contribution in [3.8, 4) is 16.9 Å². The minimum atomic E-state index is 0.0288. The molecule has 0 unspecified atom stereocenters. The van der Waals surface area contributed by atoms with E-state index in [0.29, 0.717) is 5.92 Å². The number of hydrogen-bond donors (Lipinski definition) is 0. The Balaban J connectivity index is 1.22. The molecule has 0 N–H and O–H groups in total. The van der Waals surface area contributed by atoms with E-state index in [1.807, 2.05) is 71.6 Å². The summed E-state index contributed by atoms with van der Waals surface area (Å²) >= 11 is 0. The minimum absolute atomic E-state index is 0.0288. The predicted molar refractivity (Wildman–Crippen MR) is 139 cm³/mol. The highest BCUT2D eigenvalue weighted by molar-refractivity contribution is 5.93. The summed E-state index contributed by atoms with van der Waals surface area (Å²) < 4.78 is 5.96. The number of carbonyl (C=O) groups excluding carboxylic acids is 2. The van der Waals surface area contributed by atoms with Crippen molar-refractivity contribution in [3.63, 3.8) is 0 Å². The van der Waals surface area contributed by atoms with E-state index in [1.54, 1.807) is 19.0 Å². The molecule has 0 aliphatic carbocycles. The van der Waals surface area contributed by atoms with E-state index in [0.717, 1.165) is 61.2 Å². The SMILES string of the molecule is CN(C)C(=O)c1ccc(CCC2CCN(C(=O)COc3ccccc3-c3ccccc3)CC2)cc1. The quantitative estimate of drug-likeness (QED) is 0.449. The maximum Gasteiger partial charge on any atom is 0.260 e. The van der Waals surface area contributed by atoms with Crippen LogP contribution in [-0.4, -0.2) is 55.4 Å². The largest absolute Gasteiger partial charge is 0.483 e. The third-order valence-electron chi connectivity index (χ3n) is 6.74. The number of likely N-dealkylation sites (tertiary alicyclic amines) is 1. The van der Waals surface area contributed by atoms with E-state index in [1.165, 1.54) is 5.56 Å². The first-order chi connectivity index (χ1) is 17.0. The Morgan fingerprint density at radius 3 is 2.23 bits per heavy atom. The second-order valence-corrected chi connectivity index (χ2v) is 9.41. The second-order valence-electron chi connectivity index (χ2n) is 9.41. The molecule has 0 spiro atoms. The highest BCUT2D eigenvalue weighted by Gasteiger charge is 2.23. The molecular formula is C30H34N2O3. The Morgan fingerprint density at radius 1 is 0.886 bits per heavy atom. The maximum atomic E-state index is 12.8. The summed E-state index contributed by atoms with van der Waals surface area (Å²) in [6.07, 6.45) is 4.13. The van der Waals surface area contributed by atoms with Crippen LogP contribution in [0.2, 0.25) is 0 Å². The number of carbonyl (C=O) groups is 2. The van der Waals surface area contributed by atoms with Crippen molar-refractivity contribution >= 4 is 11.8 Å². The number of nitrogens with zero attached hydrogens (tertiary/aromatic N) is 2. The van der Waals surface area contributed by atoms with E-state index < -0.39 is 0 Å². The molecule has 0 atom stereocenters. The molecule has 2 amide bonds. The first-order valence-corrected chi connectivity index (χ1v) is 12.4. The molecule has 1 heterocycles. The average molecular weight is 471 g/mol. The smallest absolute Gasteiger partial charge is 0.260 e. The lowest BCUT2D eigenvalue weighted by atomic mass is 9.90. The van der Waals surface area contributed by atoms with Crippen molar-refractivity contribution in [2.24, 2.45) is 5.92 Å².